The van der Waals surface area contributed by atoms with Gasteiger partial charge in [-0.2, -0.15) is 11.8 Å². The lowest BCUT2D eigenvalue weighted by molar-refractivity contribution is 0.250. The molecule has 0 saturated carbocycles. The van der Waals surface area contributed by atoms with Gasteiger partial charge in [0.25, 0.3) is 0 Å². The third-order valence-corrected chi connectivity index (χ3v) is 4.60. The molecule has 0 amide bonds. The second-order valence-corrected chi connectivity index (χ2v) is 7.01. The van der Waals surface area contributed by atoms with Gasteiger partial charge in [-0.05, 0) is 25.1 Å². The summed E-state index contributed by atoms with van der Waals surface area (Å²) < 4.78 is 6.07. The van der Waals surface area contributed by atoms with Crippen LogP contribution in [0.3, 0.4) is 0 Å². The Balaban J connectivity index is 1.90. The summed E-state index contributed by atoms with van der Waals surface area (Å²) in [5.41, 5.74) is 5.55. The average Bonchev–Trinajstić information content (AvgIpc) is 2.66. The Hall–Kier alpha value is -0.450. The maximum atomic E-state index is 5.65. The third kappa shape index (κ3) is 3.76. The lowest BCUT2D eigenvalue weighted by Gasteiger charge is -2.22. The highest BCUT2D eigenvalue weighted by Crippen LogP contribution is 2.31. The molecule has 1 aliphatic rings. The molecule has 0 spiro atoms. The fourth-order valence-corrected chi connectivity index (χ4v) is 3.20. The van der Waals surface area contributed by atoms with Crippen LogP contribution in [0.1, 0.15) is 31.8 Å². The molecule has 2 N–H and O–H groups in total. The first-order chi connectivity index (χ1) is 8.09. The van der Waals surface area contributed by atoms with E-state index in [9.17, 15) is 0 Å². The summed E-state index contributed by atoms with van der Waals surface area (Å²) in [6, 6.07) is 4.03. The summed E-state index contributed by atoms with van der Waals surface area (Å²) in [5, 5.41) is 0. The molecule has 1 aromatic rings. The molecule has 1 saturated heterocycles. The van der Waals surface area contributed by atoms with E-state index < -0.39 is 0 Å². The van der Waals surface area contributed by atoms with Crippen molar-refractivity contribution in [3.63, 3.8) is 0 Å². The van der Waals surface area contributed by atoms with Gasteiger partial charge in [-0.25, -0.2) is 0 Å². The van der Waals surface area contributed by atoms with Crippen LogP contribution in [0.15, 0.2) is 16.5 Å². The number of furan rings is 1. The molecule has 0 aromatic carbocycles. The number of hydrogen-bond acceptors (Lipinski definition) is 4. The quantitative estimate of drug-likeness (QED) is 0.899. The molecular weight excluding hydrogens is 232 g/mol. The van der Waals surface area contributed by atoms with E-state index in [0.29, 0.717) is 11.3 Å². The van der Waals surface area contributed by atoms with Crippen LogP contribution in [0.5, 0.6) is 0 Å². The minimum absolute atomic E-state index is 0.417. The van der Waals surface area contributed by atoms with Crippen molar-refractivity contribution in [1.29, 1.82) is 0 Å². The zero-order valence-corrected chi connectivity index (χ0v) is 11.6. The van der Waals surface area contributed by atoms with Crippen molar-refractivity contribution in [2.75, 3.05) is 18.8 Å². The Morgan fingerprint density at radius 3 is 2.82 bits per heavy atom. The van der Waals surface area contributed by atoms with Crippen LogP contribution >= 0.6 is 11.8 Å². The van der Waals surface area contributed by atoms with E-state index in [0.717, 1.165) is 31.2 Å². The van der Waals surface area contributed by atoms with Gasteiger partial charge in [0.1, 0.15) is 11.5 Å². The highest BCUT2D eigenvalue weighted by molar-refractivity contribution is 8.00. The molecule has 1 aromatic heterocycles. The van der Waals surface area contributed by atoms with Crippen molar-refractivity contribution >= 4 is 11.8 Å². The van der Waals surface area contributed by atoms with E-state index in [4.69, 9.17) is 10.2 Å². The van der Waals surface area contributed by atoms with Crippen LogP contribution in [-0.2, 0) is 13.1 Å². The Bertz CT molecular complexity index is 362. The van der Waals surface area contributed by atoms with Gasteiger partial charge in [-0.1, -0.05) is 13.8 Å². The smallest absolute Gasteiger partial charge is 0.118 e. The predicted molar refractivity (Wildman–Crippen MR) is 73.0 cm³/mol. The highest BCUT2D eigenvalue weighted by atomic mass is 32.2. The molecule has 2 heterocycles. The lowest BCUT2D eigenvalue weighted by Crippen LogP contribution is -2.26. The van der Waals surface area contributed by atoms with E-state index in [1.54, 1.807) is 0 Å². The van der Waals surface area contributed by atoms with Crippen molar-refractivity contribution in [3.05, 3.63) is 23.7 Å². The number of rotatable bonds is 3. The molecule has 0 radical (unpaired) electrons. The maximum Gasteiger partial charge on any atom is 0.118 e. The van der Waals surface area contributed by atoms with Crippen LogP contribution in [0, 0.1) is 0 Å². The van der Waals surface area contributed by atoms with E-state index >= 15 is 0 Å². The Kier molecular flexibility index (Phi) is 4.17. The zero-order valence-electron chi connectivity index (χ0n) is 10.7. The van der Waals surface area contributed by atoms with E-state index in [-0.39, 0.29) is 0 Å². The molecule has 17 heavy (non-hydrogen) atoms. The highest BCUT2D eigenvalue weighted by Gasteiger charge is 2.23. The van der Waals surface area contributed by atoms with Crippen molar-refractivity contribution in [3.8, 4) is 0 Å². The summed E-state index contributed by atoms with van der Waals surface area (Å²) in [7, 11) is 0. The summed E-state index contributed by atoms with van der Waals surface area (Å²) in [4.78, 5) is 2.47. The standard InChI is InChI=1S/C13H22N2OS/c1-13(2)5-6-15(7-8-17-13)10-12-4-3-11(9-14)16-12/h3-4H,5-10,14H2,1-2H3. The molecule has 1 aliphatic heterocycles. The Morgan fingerprint density at radius 1 is 1.35 bits per heavy atom. The van der Waals surface area contributed by atoms with Crippen molar-refractivity contribution in [1.82, 2.24) is 4.90 Å². The van der Waals surface area contributed by atoms with Crippen LogP contribution < -0.4 is 5.73 Å². The summed E-state index contributed by atoms with van der Waals surface area (Å²) in [5.74, 6) is 3.12. The summed E-state index contributed by atoms with van der Waals surface area (Å²) in [6.45, 7) is 8.37. The summed E-state index contributed by atoms with van der Waals surface area (Å²) >= 11 is 2.07. The lowest BCUT2D eigenvalue weighted by atomic mass is 10.1. The van der Waals surface area contributed by atoms with Gasteiger partial charge in [0.05, 0.1) is 13.1 Å². The number of hydrogen-bond donors (Lipinski definition) is 1. The first kappa shape index (κ1) is 13.0. The molecule has 0 aliphatic carbocycles. The van der Waals surface area contributed by atoms with Gasteiger partial charge >= 0.3 is 0 Å². The first-order valence-electron chi connectivity index (χ1n) is 6.23. The van der Waals surface area contributed by atoms with E-state index in [1.807, 2.05) is 12.1 Å². The molecule has 2 rings (SSSR count). The molecule has 1 fully saturated rings. The summed E-state index contributed by atoms with van der Waals surface area (Å²) in [6.07, 6.45) is 1.24. The molecule has 4 heteroatoms. The van der Waals surface area contributed by atoms with Crippen molar-refractivity contribution < 1.29 is 4.42 Å². The van der Waals surface area contributed by atoms with E-state index in [2.05, 4.69) is 30.5 Å². The van der Waals surface area contributed by atoms with E-state index in [1.165, 1.54) is 12.2 Å². The Morgan fingerprint density at radius 2 is 2.12 bits per heavy atom. The largest absolute Gasteiger partial charge is 0.463 e. The normalized spacial score (nSPS) is 21.4. The molecule has 0 bridgehead atoms. The van der Waals surface area contributed by atoms with Crippen LogP contribution in [0.4, 0.5) is 0 Å². The molecule has 0 atom stereocenters. The average molecular weight is 254 g/mol. The molecule has 96 valence electrons. The number of nitrogens with zero attached hydrogens (tertiary/aromatic N) is 1. The second-order valence-electron chi connectivity index (χ2n) is 5.21. The van der Waals surface area contributed by atoms with Gasteiger partial charge in [0, 0.05) is 17.0 Å². The van der Waals surface area contributed by atoms with Crippen LogP contribution in [-0.4, -0.2) is 28.5 Å². The van der Waals surface area contributed by atoms with Crippen LogP contribution in [0.2, 0.25) is 0 Å². The monoisotopic (exact) mass is 254 g/mol. The molecule has 0 unspecified atom stereocenters. The van der Waals surface area contributed by atoms with Crippen molar-refractivity contribution in [2.24, 2.45) is 5.73 Å². The van der Waals surface area contributed by atoms with Crippen molar-refractivity contribution in [2.45, 2.75) is 38.1 Å². The third-order valence-electron chi connectivity index (χ3n) is 3.23. The van der Waals surface area contributed by atoms with Gasteiger partial charge in [0.15, 0.2) is 0 Å². The minimum Gasteiger partial charge on any atom is -0.463 e. The molecular formula is C13H22N2OS. The zero-order chi connectivity index (χ0) is 12.3. The topological polar surface area (TPSA) is 42.4 Å². The Labute approximate surface area is 108 Å². The maximum absolute atomic E-state index is 5.65. The van der Waals surface area contributed by atoms with Gasteiger partial charge < -0.3 is 10.2 Å². The van der Waals surface area contributed by atoms with Gasteiger partial charge in [0.2, 0.25) is 0 Å². The minimum atomic E-state index is 0.417. The fourth-order valence-electron chi connectivity index (χ4n) is 2.06. The number of thioether (sulfide) groups is 1. The number of nitrogens with two attached hydrogens (primary N) is 1. The fraction of sp³-hybridized carbons (Fsp3) is 0.692. The van der Waals surface area contributed by atoms with Crippen LogP contribution in [0.25, 0.3) is 0 Å². The second kappa shape index (κ2) is 5.46. The van der Waals surface area contributed by atoms with Gasteiger partial charge in [-0.15, -0.1) is 0 Å². The SMILES string of the molecule is CC1(C)CCN(Cc2ccc(CN)o2)CCS1. The first-order valence-corrected chi connectivity index (χ1v) is 7.21. The predicted octanol–water partition coefficient (Wildman–Crippen LogP) is 2.46. The molecule has 3 nitrogen and oxygen atoms in total. The van der Waals surface area contributed by atoms with Gasteiger partial charge in [-0.3, -0.25) is 4.90 Å².